The fourth-order valence-electron chi connectivity index (χ4n) is 0. The van der Waals surface area contributed by atoms with Gasteiger partial charge in [0.15, 0.2) is 0 Å². The Balaban J connectivity index is 0. The molecule has 0 amide bonds. The number of nitrogens with two attached hydrogens (primary N) is 2. The molecular formula is C6H15N3. The van der Waals surface area contributed by atoms with Crippen LogP contribution in [0.5, 0.6) is 0 Å². The summed E-state index contributed by atoms with van der Waals surface area (Å²) in [5.74, 6) is 0.190. The van der Waals surface area contributed by atoms with Gasteiger partial charge >= 0.3 is 0 Å². The lowest BCUT2D eigenvalue weighted by Crippen LogP contribution is -2.11. The van der Waals surface area contributed by atoms with Crippen molar-refractivity contribution in [2.75, 3.05) is 13.1 Å². The fourth-order valence-corrected chi connectivity index (χ4v) is 0. The van der Waals surface area contributed by atoms with Crippen LogP contribution in [0.1, 0.15) is 13.8 Å². The average Bonchev–Trinajstić information content (AvgIpc) is 1.89. The molecule has 0 spiro atoms. The lowest BCUT2D eigenvalue weighted by atomic mass is 10.3. The van der Waals surface area contributed by atoms with E-state index in [1.54, 1.807) is 0 Å². The van der Waals surface area contributed by atoms with Gasteiger partial charge in [-0.3, -0.25) is 0 Å². The van der Waals surface area contributed by atoms with Gasteiger partial charge in [0, 0.05) is 19.0 Å². The molecule has 0 saturated carbocycles. The molecule has 0 aromatic carbocycles. The van der Waals surface area contributed by atoms with Gasteiger partial charge in [0.1, 0.15) is 0 Å². The molecule has 0 aromatic rings. The van der Waals surface area contributed by atoms with Crippen molar-refractivity contribution in [1.29, 1.82) is 5.26 Å². The zero-order valence-electron chi connectivity index (χ0n) is 6.09. The summed E-state index contributed by atoms with van der Waals surface area (Å²) in [7, 11) is 0. The third-order valence-electron chi connectivity index (χ3n) is 0.425. The maximum atomic E-state index is 7.89. The number of hydrogen-bond acceptors (Lipinski definition) is 3. The molecule has 0 bridgehead atoms. The first-order chi connectivity index (χ1) is 4.18. The van der Waals surface area contributed by atoms with Gasteiger partial charge in [-0.1, -0.05) is 0 Å². The van der Waals surface area contributed by atoms with Gasteiger partial charge in [0.25, 0.3) is 0 Å². The summed E-state index contributed by atoms with van der Waals surface area (Å²) >= 11 is 0. The molecular weight excluding hydrogens is 114 g/mol. The van der Waals surface area contributed by atoms with E-state index in [2.05, 4.69) is 0 Å². The largest absolute Gasteiger partial charge is 0.329 e. The first-order valence-electron chi connectivity index (χ1n) is 2.98. The second kappa shape index (κ2) is 10.4. The highest BCUT2D eigenvalue weighted by Gasteiger charge is 1.78. The topological polar surface area (TPSA) is 75.8 Å². The normalized spacial score (nSPS) is 7.56. The summed E-state index contributed by atoms with van der Waals surface area (Å²) < 4.78 is 0. The zero-order valence-corrected chi connectivity index (χ0v) is 6.09. The van der Waals surface area contributed by atoms with Crippen molar-refractivity contribution in [2.45, 2.75) is 13.8 Å². The molecule has 0 aliphatic rings. The van der Waals surface area contributed by atoms with E-state index in [4.69, 9.17) is 16.7 Å². The van der Waals surface area contributed by atoms with Crippen LogP contribution in [0.3, 0.4) is 0 Å². The molecule has 0 unspecified atom stereocenters. The van der Waals surface area contributed by atoms with Crippen LogP contribution >= 0.6 is 0 Å². The third-order valence-corrected chi connectivity index (χ3v) is 0.425. The molecule has 9 heavy (non-hydrogen) atoms. The molecule has 0 atom stereocenters. The highest BCUT2D eigenvalue weighted by Crippen LogP contribution is 1.81. The van der Waals surface area contributed by atoms with Crippen molar-refractivity contribution in [2.24, 2.45) is 17.4 Å². The Bertz CT molecular complexity index is 70.9. The summed E-state index contributed by atoms with van der Waals surface area (Å²) in [4.78, 5) is 0. The molecule has 54 valence electrons. The van der Waals surface area contributed by atoms with Crippen LogP contribution in [0.15, 0.2) is 0 Å². The van der Waals surface area contributed by atoms with E-state index in [0.29, 0.717) is 13.1 Å². The monoisotopic (exact) mass is 129 g/mol. The van der Waals surface area contributed by atoms with Crippen LogP contribution in [0, 0.1) is 17.2 Å². The Hall–Kier alpha value is -0.590. The molecule has 0 saturated heterocycles. The SMILES string of the molecule is CC(C)C#N.NCCN. The van der Waals surface area contributed by atoms with Gasteiger partial charge in [0.2, 0.25) is 0 Å². The lowest BCUT2D eigenvalue weighted by Gasteiger charge is -1.75. The lowest BCUT2D eigenvalue weighted by molar-refractivity contribution is 0.849. The van der Waals surface area contributed by atoms with Crippen LogP contribution in [-0.4, -0.2) is 13.1 Å². The summed E-state index contributed by atoms with van der Waals surface area (Å²) in [6.07, 6.45) is 0. The molecule has 0 radical (unpaired) electrons. The minimum Gasteiger partial charge on any atom is -0.329 e. The Morgan fingerprint density at radius 2 is 1.56 bits per heavy atom. The highest BCUT2D eigenvalue weighted by molar-refractivity contribution is 4.72. The van der Waals surface area contributed by atoms with Gasteiger partial charge in [-0.15, -0.1) is 0 Å². The van der Waals surface area contributed by atoms with E-state index in [1.165, 1.54) is 0 Å². The minimum atomic E-state index is 0.190. The molecule has 0 rings (SSSR count). The second-order valence-electron chi connectivity index (χ2n) is 1.86. The van der Waals surface area contributed by atoms with Crippen LogP contribution in [0.2, 0.25) is 0 Å². The Kier molecular flexibility index (Phi) is 13.0. The van der Waals surface area contributed by atoms with Gasteiger partial charge in [-0.2, -0.15) is 5.26 Å². The first-order valence-corrected chi connectivity index (χ1v) is 2.98. The Morgan fingerprint density at radius 3 is 1.56 bits per heavy atom. The standard InChI is InChI=1S/C4H7N.C2H8N2/c1-4(2)3-5;3-1-2-4/h4H,1-2H3;1-4H2. The number of rotatable bonds is 1. The van der Waals surface area contributed by atoms with Crippen molar-refractivity contribution < 1.29 is 0 Å². The number of hydrogen-bond donors (Lipinski definition) is 2. The van der Waals surface area contributed by atoms with E-state index >= 15 is 0 Å². The predicted molar refractivity (Wildman–Crippen MR) is 38.6 cm³/mol. The fraction of sp³-hybridized carbons (Fsp3) is 0.833. The average molecular weight is 129 g/mol. The summed E-state index contributed by atoms with van der Waals surface area (Å²) in [5.41, 5.74) is 9.81. The van der Waals surface area contributed by atoms with Gasteiger partial charge in [0.05, 0.1) is 6.07 Å². The van der Waals surface area contributed by atoms with Crippen molar-refractivity contribution in [3.8, 4) is 6.07 Å². The van der Waals surface area contributed by atoms with Crippen molar-refractivity contribution >= 4 is 0 Å². The summed E-state index contributed by atoms with van der Waals surface area (Å²) in [6, 6.07) is 2.03. The maximum absolute atomic E-state index is 7.89. The van der Waals surface area contributed by atoms with Crippen molar-refractivity contribution in [3.63, 3.8) is 0 Å². The molecule has 0 aliphatic carbocycles. The van der Waals surface area contributed by atoms with Crippen LogP contribution in [0.25, 0.3) is 0 Å². The highest BCUT2D eigenvalue weighted by atomic mass is 14.6. The molecule has 0 heterocycles. The molecule has 3 nitrogen and oxygen atoms in total. The van der Waals surface area contributed by atoms with Crippen molar-refractivity contribution in [3.05, 3.63) is 0 Å². The molecule has 4 N–H and O–H groups in total. The van der Waals surface area contributed by atoms with Crippen LogP contribution < -0.4 is 11.5 Å². The van der Waals surface area contributed by atoms with E-state index in [9.17, 15) is 0 Å². The molecule has 0 fully saturated rings. The maximum Gasteiger partial charge on any atom is 0.0649 e. The van der Waals surface area contributed by atoms with Crippen LogP contribution in [-0.2, 0) is 0 Å². The van der Waals surface area contributed by atoms with Gasteiger partial charge in [-0.05, 0) is 13.8 Å². The summed E-state index contributed by atoms with van der Waals surface area (Å²) in [5, 5.41) is 7.89. The number of nitrogens with zero attached hydrogens (tertiary/aromatic N) is 1. The van der Waals surface area contributed by atoms with E-state index in [1.807, 2.05) is 19.9 Å². The molecule has 0 aromatic heterocycles. The second-order valence-corrected chi connectivity index (χ2v) is 1.86. The van der Waals surface area contributed by atoms with E-state index in [-0.39, 0.29) is 5.92 Å². The third kappa shape index (κ3) is 37.3. The Labute approximate surface area is 56.6 Å². The van der Waals surface area contributed by atoms with Gasteiger partial charge in [-0.25, -0.2) is 0 Å². The molecule has 3 heteroatoms. The Morgan fingerprint density at radius 1 is 1.33 bits per heavy atom. The zero-order chi connectivity index (χ0) is 7.70. The summed E-state index contributed by atoms with van der Waals surface area (Å²) in [6.45, 7) is 4.92. The van der Waals surface area contributed by atoms with E-state index < -0.39 is 0 Å². The quantitative estimate of drug-likeness (QED) is 0.526. The number of nitriles is 1. The molecule has 0 aliphatic heterocycles. The first kappa shape index (κ1) is 11.2. The smallest absolute Gasteiger partial charge is 0.0649 e. The van der Waals surface area contributed by atoms with E-state index in [0.717, 1.165) is 0 Å². The predicted octanol–water partition coefficient (Wildman–Crippen LogP) is 0.0698. The van der Waals surface area contributed by atoms with Crippen molar-refractivity contribution in [1.82, 2.24) is 0 Å². The minimum absolute atomic E-state index is 0.190. The van der Waals surface area contributed by atoms with Gasteiger partial charge < -0.3 is 11.5 Å². The van der Waals surface area contributed by atoms with Crippen LogP contribution in [0.4, 0.5) is 0 Å².